The van der Waals surface area contributed by atoms with E-state index in [-0.39, 0.29) is 5.91 Å². The first-order valence-corrected chi connectivity index (χ1v) is 10.7. The highest BCUT2D eigenvalue weighted by atomic mass is 35.5. The summed E-state index contributed by atoms with van der Waals surface area (Å²) in [4.78, 5) is 21.3. The van der Waals surface area contributed by atoms with Crippen LogP contribution < -0.4 is 9.80 Å². The lowest BCUT2D eigenvalue weighted by Gasteiger charge is -2.27. The highest BCUT2D eigenvalue weighted by Crippen LogP contribution is 2.31. The summed E-state index contributed by atoms with van der Waals surface area (Å²) in [6.45, 7) is 7.02. The number of ether oxygens (including phenoxy) is 1. The maximum atomic E-state index is 13.3. The van der Waals surface area contributed by atoms with E-state index in [1.807, 2.05) is 54.3 Å². The van der Waals surface area contributed by atoms with Crippen molar-refractivity contribution >= 4 is 44.2 Å². The molecule has 146 valence electrons. The van der Waals surface area contributed by atoms with E-state index in [4.69, 9.17) is 21.3 Å². The summed E-state index contributed by atoms with van der Waals surface area (Å²) in [6.07, 6.45) is 0. The molecule has 1 N–H and O–H groups in total. The second kappa shape index (κ2) is 8.57. The molecular formula is C21H23ClN3O2S+. The van der Waals surface area contributed by atoms with Crippen molar-refractivity contribution in [3.05, 3.63) is 58.6 Å². The fourth-order valence-corrected chi connectivity index (χ4v) is 4.58. The van der Waals surface area contributed by atoms with Crippen molar-refractivity contribution in [1.82, 2.24) is 4.98 Å². The van der Waals surface area contributed by atoms with Crippen LogP contribution in [0.2, 0.25) is 5.02 Å². The molecule has 2 aromatic carbocycles. The van der Waals surface area contributed by atoms with Crippen LogP contribution in [0.25, 0.3) is 10.2 Å². The quantitative estimate of drug-likeness (QED) is 0.695. The number of anilines is 1. The number of carbonyl (C=O) groups excluding carboxylic acids is 1. The van der Waals surface area contributed by atoms with E-state index in [0.29, 0.717) is 17.1 Å². The summed E-state index contributed by atoms with van der Waals surface area (Å²) in [5, 5.41) is 1.40. The van der Waals surface area contributed by atoms with Crippen LogP contribution in [0.5, 0.6) is 0 Å². The molecule has 0 saturated carbocycles. The minimum Gasteiger partial charge on any atom is -0.370 e. The molecule has 28 heavy (non-hydrogen) atoms. The van der Waals surface area contributed by atoms with Gasteiger partial charge in [-0.05, 0) is 37.3 Å². The number of quaternary nitrogens is 1. The number of morpholine rings is 1. The first-order valence-electron chi connectivity index (χ1n) is 9.46. The number of rotatable bonds is 5. The molecule has 3 aromatic rings. The van der Waals surface area contributed by atoms with Gasteiger partial charge in [0.2, 0.25) is 0 Å². The van der Waals surface area contributed by atoms with Crippen molar-refractivity contribution < 1.29 is 14.4 Å². The molecule has 0 spiro atoms. The smallest absolute Gasteiger partial charge is 0.260 e. The summed E-state index contributed by atoms with van der Waals surface area (Å²) >= 11 is 7.63. The minimum absolute atomic E-state index is 0.0159. The highest BCUT2D eigenvalue weighted by molar-refractivity contribution is 7.22. The van der Waals surface area contributed by atoms with Crippen LogP contribution in [0, 0.1) is 6.92 Å². The number of hydrogen-bond donors (Lipinski definition) is 1. The van der Waals surface area contributed by atoms with Crippen molar-refractivity contribution in [2.45, 2.75) is 6.92 Å². The Kier molecular flexibility index (Phi) is 5.92. The van der Waals surface area contributed by atoms with E-state index in [1.165, 1.54) is 16.2 Å². The number of fused-ring (bicyclic) bond motifs is 1. The number of thiazole rings is 1. The predicted octanol–water partition coefficient (Wildman–Crippen LogP) is 2.82. The van der Waals surface area contributed by atoms with Crippen LogP contribution in [-0.4, -0.2) is 50.3 Å². The highest BCUT2D eigenvalue weighted by Gasteiger charge is 2.24. The van der Waals surface area contributed by atoms with Gasteiger partial charge in [0.1, 0.15) is 13.1 Å². The maximum absolute atomic E-state index is 13.3. The lowest BCUT2D eigenvalue weighted by molar-refractivity contribution is -0.906. The molecule has 1 saturated heterocycles. The van der Waals surface area contributed by atoms with Gasteiger partial charge in [-0.15, -0.1) is 0 Å². The number of amides is 1. The van der Waals surface area contributed by atoms with Crippen LogP contribution in [0.15, 0.2) is 42.5 Å². The molecule has 2 heterocycles. The number of halogens is 1. The van der Waals surface area contributed by atoms with Gasteiger partial charge >= 0.3 is 0 Å². The van der Waals surface area contributed by atoms with Gasteiger partial charge in [0, 0.05) is 10.6 Å². The molecule has 0 unspecified atom stereocenters. The summed E-state index contributed by atoms with van der Waals surface area (Å²) < 4.78 is 6.43. The predicted molar refractivity (Wildman–Crippen MR) is 114 cm³/mol. The third kappa shape index (κ3) is 4.36. The molecule has 1 fully saturated rings. The molecule has 0 aliphatic carbocycles. The van der Waals surface area contributed by atoms with Crippen LogP contribution in [0.1, 0.15) is 15.9 Å². The number of hydrogen-bond acceptors (Lipinski definition) is 4. The van der Waals surface area contributed by atoms with Gasteiger partial charge < -0.3 is 9.64 Å². The Morgan fingerprint density at radius 1 is 1.21 bits per heavy atom. The van der Waals surface area contributed by atoms with Crippen LogP contribution in [-0.2, 0) is 4.74 Å². The molecule has 1 aliphatic rings. The van der Waals surface area contributed by atoms with Crippen molar-refractivity contribution in [1.29, 1.82) is 0 Å². The summed E-state index contributed by atoms with van der Waals surface area (Å²) in [6, 6.07) is 13.3. The zero-order valence-corrected chi connectivity index (χ0v) is 17.4. The monoisotopic (exact) mass is 416 g/mol. The van der Waals surface area contributed by atoms with Crippen LogP contribution >= 0.6 is 22.9 Å². The molecule has 1 aliphatic heterocycles. The Labute approximate surface area is 173 Å². The number of carbonyl (C=O) groups is 1. The summed E-state index contributed by atoms with van der Waals surface area (Å²) in [7, 11) is 0. The molecule has 0 radical (unpaired) electrons. The zero-order chi connectivity index (χ0) is 19.5. The Morgan fingerprint density at radius 2 is 1.96 bits per heavy atom. The van der Waals surface area contributed by atoms with E-state index in [9.17, 15) is 4.79 Å². The van der Waals surface area contributed by atoms with Crippen molar-refractivity contribution in [3.63, 3.8) is 0 Å². The fourth-order valence-electron chi connectivity index (χ4n) is 3.32. The Morgan fingerprint density at radius 3 is 2.71 bits per heavy atom. The lowest BCUT2D eigenvalue weighted by Crippen LogP contribution is -3.14. The summed E-state index contributed by atoms with van der Waals surface area (Å²) in [5.74, 6) is -0.0159. The first kappa shape index (κ1) is 19.3. The Bertz CT molecular complexity index is 967. The summed E-state index contributed by atoms with van der Waals surface area (Å²) in [5.41, 5.74) is 2.68. The van der Waals surface area contributed by atoms with Gasteiger partial charge in [0.25, 0.3) is 5.91 Å². The van der Waals surface area contributed by atoms with Gasteiger partial charge in [-0.1, -0.05) is 40.6 Å². The van der Waals surface area contributed by atoms with E-state index >= 15 is 0 Å². The number of benzene rings is 2. The van der Waals surface area contributed by atoms with Gasteiger partial charge in [0.05, 0.1) is 36.5 Å². The van der Waals surface area contributed by atoms with Crippen LogP contribution in [0.4, 0.5) is 5.13 Å². The molecule has 5 nitrogen and oxygen atoms in total. The average molecular weight is 417 g/mol. The van der Waals surface area contributed by atoms with Gasteiger partial charge in [-0.25, -0.2) is 4.98 Å². The van der Waals surface area contributed by atoms with E-state index in [0.717, 1.165) is 53.8 Å². The van der Waals surface area contributed by atoms with E-state index in [2.05, 4.69) is 0 Å². The molecule has 1 amide bonds. The molecule has 1 aromatic heterocycles. The molecule has 0 bridgehead atoms. The van der Waals surface area contributed by atoms with Crippen molar-refractivity contribution in [2.75, 3.05) is 44.3 Å². The number of nitrogens with zero attached hydrogens (tertiary/aromatic N) is 2. The number of aryl methyl sites for hydroxylation is 1. The standard InChI is InChI=1S/C21H22ClN3O2S/c1-15-2-4-16(5-3-15)20(26)25(9-8-24-10-12-27-13-11-24)21-23-18-7-6-17(22)14-19(18)28-21/h2-7,14H,8-13H2,1H3/p+1. The van der Waals surface area contributed by atoms with Crippen molar-refractivity contribution in [2.24, 2.45) is 0 Å². The van der Waals surface area contributed by atoms with Crippen molar-refractivity contribution in [3.8, 4) is 0 Å². The third-order valence-corrected chi connectivity index (χ3v) is 6.28. The SMILES string of the molecule is Cc1ccc(C(=O)N(CC[NH+]2CCOCC2)c2nc3ccc(Cl)cc3s2)cc1. The van der Waals surface area contributed by atoms with E-state index < -0.39 is 0 Å². The molecule has 4 rings (SSSR count). The zero-order valence-electron chi connectivity index (χ0n) is 15.8. The molecule has 0 atom stereocenters. The van der Waals surface area contributed by atoms with Gasteiger partial charge in [-0.2, -0.15) is 0 Å². The third-order valence-electron chi connectivity index (χ3n) is 5.00. The second-order valence-electron chi connectivity index (χ2n) is 7.04. The maximum Gasteiger partial charge on any atom is 0.260 e. The van der Waals surface area contributed by atoms with Gasteiger partial charge in [-0.3, -0.25) is 9.69 Å². The van der Waals surface area contributed by atoms with Crippen LogP contribution in [0.3, 0.4) is 0 Å². The van der Waals surface area contributed by atoms with E-state index in [1.54, 1.807) is 0 Å². The van der Waals surface area contributed by atoms with Gasteiger partial charge in [0.15, 0.2) is 5.13 Å². The normalized spacial score (nSPS) is 15.1. The Balaban J connectivity index is 1.62. The number of nitrogens with one attached hydrogen (secondary N) is 1. The lowest BCUT2D eigenvalue weighted by atomic mass is 10.1. The molecule has 7 heteroatoms. The minimum atomic E-state index is -0.0159. The fraction of sp³-hybridized carbons (Fsp3) is 0.333. The topological polar surface area (TPSA) is 46.9 Å². The first-order chi connectivity index (χ1) is 13.6. The average Bonchev–Trinajstić information content (AvgIpc) is 3.12. The number of aromatic nitrogens is 1. The molecular weight excluding hydrogens is 394 g/mol. The largest absolute Gasteiger partial charge is 0.370 e. The second-order valence-corrected chi connectivity index (χ2v) is 8.49. The Hall–Kier alpha value is -1.99.